The fourth-order valence-electron chi connectivity index (χ4n) is 2.24. The summed E-state index contributed by atoms with van der Waals surface area (Å²) in [6.45, 7) is 3.61. The molecule has 118 valence electrons. The van der Waals surface area contributed by atoms with Crippen LogP contribution in [-0.4, -0.2) is 27.1 Å². The van der Waals surface area contributed by atoms with E-state index < -0.39 is 5.97 Å². The summed E-state index contributed by atoms with van der Waals surface area (Å²) in [5, 5.41) is 0. The van der Waals surface area contributed by atoms with Crippen molar-refractivity contribution < 1.29 is 13.9 Å². The lowest BCUT2D eigenvalue weighted by atomic mass is 10.2. The van der Waals surface area contributed by atoms with Gasteiger partial charge in [0.2, 0.25) is 5.82 Å². The lowest BCUT2D eigenvalue weighted by Crippen LogP contribution is -2.13. The number of imidazole rings is 1. The molecule has 3 aromatic rings. The highest BCUT2D eigenvalue weighted by atomic mass is 79.9. The number of halogens is 2. The highest BCUT2D eigenvalue weighted by molar-refractivity contribution is 9.10. The highest BCUT2D eigenvalue weighted by Crippen LogP contribution is 2.24. The summed E-state index contributed by atoms with van der Waals surface area (Å²) in [5.41, 5.74) is 1.96. The van der Waals surface area contributed by atoms with Gasteiger partial charge in [0.15, 0.2) is 5.65 Å². The van der Waals surface area contributed by atoms with E-state index in [1.807, 2.05) is 0 Å². The van der Waals surface area contributed by atoms with E-state index in [0.717, 1.165) is 4.47 Å². The summed E-state index contributed by atoms with van der Waals surface area (Å²) in [6.07, 6.45) is 1.60. The summed E-state index contributed by atoms with van der Waals surface area (Å²) >= 11 is 3.32. The Bertz CT molecular complexity index is 908. The van der Waals surface area contributed by atoms with Gasteiger partial charge in [0.1, 0.15) is 11.3 Å². The van der Waals surface area contributed by atoms with E-state index in [1.54, 1.807) is 38.2 Å². The van der Waals surface area contributed by atoms with Crippen LogP contribution in [0.5, 0.6) is 0 Å². The van der Waals surface area contributed by atoms with Gasteiger partial charge in [0.25, 0.3) is 0 Å². The number of hydrogen-bond acceptors (Lipinski definition) is 4. The van der Waals surface area contributed by atoms with Gasteiger partial charge in [0.05, 0.1) is 12.3 Å². The fraction of sp³-hybridized carbons (Fsp3) is 0.188. The first-order valence-electron chi connectivity index (χ1n) is 6.99. The van der Waals surface area contributed by atoms with Gasteiger partial charge in [-0.1, -0.05) is 6.07 Å². The largest absolute Gasteiger partial charge is 0.460 e. The van der Waals surface area contributed by atoms with Crippen LogP contribution in [-0.2, 0) is 4.74 Å². The van der Waals surface area contributed by atoms with Crippen LogP contribution in [0.4, 0.5) is 4.39 Å². The number of rotatable bonds is 3. The molecule has 0 aliphatic rings. The first kappa shape index (κ1) is 15.6. The van der Waals surface area contributed by atoms with E-state index in [-0.39, 0.29) is 18.2 Å². The maximum Gasteiger partial charge on any atom is 0.375 e. The molecule has 0 aliphatic heterocycles. The van der Waals surface area contributed by atoms with Crippen LogP contribution >= 0.6 is 15.9 Å². The topological polar surface area (TPSA) is 57.0 Å². The number of nitrogens with zero attached hydrogens (tertiary/aromatic N) is 3. The number of fused-ring (bicyclic) bond motifs is 1. The number of ether oxygens (including phenoxy) is 1. The monoisotopic (exact) mass is 377 g/mol. The zero-order valence-corrected chi connectivity index (χ0v) is 14.1. The molecule has 0 N–H and O–H groups in total. The third-order valence-electron chi connectivity index (χ3n) is 3.34. The molecule has 7 heteroatoms. The molecule has 0 aliphatic carbocycles. The predicted molar refractivity (Wildman–Crippen MR) is 87.2 cm³/mol. The summed E-state index contributed by atoms with van der Waals surface area (Å²) in [7, 11) is 0. The molecule has 0 atom stereocenters. The zero-order chi connectivity index (χ0) is 16.6. The zero-order valence-electron chi connectivity index (χ0n) is 12.5. The molecule has 5 nitrogen and oxygen atoms in total. The quantitative estimate of drug-likeness (QED) is 0.651. The van der Waals surface area contributed by atoms with E-state index in [9.17, 15) is 9.18 Å². The Kier molecular flexibility index (Phi) is 4.12. The van der Waals surface area contributed by atoms with Crippen LogP contribution < -0.4 is 0 Å². The third kappa shape index (κ3) is 2.84. The first-order valence-corrected chi connectivity index (χ1v) is 7.78. The van der Waals surface area contributed by atoms with Gasteiger partial charge in [-0.3, -0.25) is 4.57 Å². The minimum atomic E-state index is -0.581. The Labute approximate surface area is 140 Å². The smallest absolute Gasteiger partial charge is 0.375 e. The van der Waals surface area contributed by atoms with Crippen molar-refractivity contribution in [1.82, 2.24) is 14.5 Å². The highest BCUT2D eigenvalue weighted by Gasteiger charge is 2.21. The van der Waals surface area contributed by atoms with Crippen LogP contribution in [0.15, 0.2) is 34.9 Å². The number of carbonyl (C=O) groups is 1. The second kappa shape index (κ2) is 6.08. The molecule has 0 saturated heterocycles. The number of aromatic nitrogens is 3. The van der Waals surface area contributed by atoms with Gasteiger partial charge in [-0.2, -0.15) is 0 Å². The maximum atomic E-state index is 13.9. The first-order chi connectivity index (χ1) is 11.0. The molecule has 0 saturated carbocycles. The number of esters is 1. The van der Waals surface area contributed by atoms with Crippen molar-refractivity contribution in [3.05, 3.63) is 52.1 Å². The molecule has 0 fully saturated rings. The van der Waals surface area contributed by atoms with Gasteiger partial charge >= 0.3 is 5.97 Å². The van der Waals surface area contributed by atoms with Gasteiger partial charge < -0.3 is 4.74 Å². The van der Waals surface area contributed by atoms with Crippen LogP contribution in [0, 0.1) is 12.7 Å². The molecule has 1 aromatic carbocycles. The Hall–Kier alpha value is -2.28. The molecule has 3 rings (SSSR count). The summed E-state index contributed by atoms with van der Waals surface area (Å²) in [5.74, 6) is -0.880. The third-order valence-corrected chi connectivity index (χ3v) is 3.77. The maximum absolute atomic E-state index is 13.9. The van der Waals surface area contributed by atoms with Crippen molar-refractivity contribution in [3.8, 4) is 5.69 Å². The van der Waals surface area contributed by atoms with Crippen molar-refractivity contribution in [3.63, 3.8) is 0 Å². The van der Waals surface area contributed by atoms with Crippen LogP contribution in [0.3, 0.4) is 0 Å². The molecule has 23 heavy (non-hydrogen) atoms. The number of aryl methyl sites for hydroxylation is 1. The minimum Gasteiger partial charge on any atom is -0.460 e. The van der Waals surface area contributed by atoms with Gasteiger partial charge in [-0.15, -0.1) is 0 Å². The van der Waals surface area contributed by atoms with E-state index in [1.165, 1.54) is 10.6 Å². The predicted octanol–water partition coefficient (Wildman–Crippen LogP) is 3.81. The van der Waals surface area contributed by atoms with E-state index in [4.69, 9.17) is 4.74 Å². The molecule has 0 spiro atoms. The molecular weight excluding hydrogens is 365 g/mol. The molecule has 2 heterocycles. The summed E-state index contributed by atoms with van der Waals surface area (Å²) in [4.78, 5) is 20.8. The van der Waals surface area contributed by atoms with Crippen LogP contribution in [0.1, 0.15) is 23.1 Å². The molecule has 0 radical (unpaired) electrons. The summed E-state index contributed by atoms with van der Waals surface area (Å²) in [6, 6.07) is 6.45. The minimum absolute atomic E-state index is 0.0655. The van der Waals surface area contributed by atoms with Crippen molar-refractivity contribution in [2.24, 2.45) is 0 Å². The van der Waals surface area contributed by atoms with Crippen molar-refractivity contribution >= 4 is 33.1 Å². The molecule has 0 unspecified atom stereocenters. The lowest BCUT2D eigenvalue weighted by molar-refractivity contribution is 0.0510. The second-order valence-electron chi connectivity index (χ2n) is 4.92. The Balaban J connectivity index is 2.29. The average Bonchev–Trinajstić information content (AvgIpc) is 2.89. The average molecular weight is 378 g/mol. The second-order valence-corrected chi connectivity index (χ2v) is 5.84. The van der Waals surface area contributed by atoms with E-state index in [0.29, 0.717) is 22.4 Å². The van der Waals surface area contributed by atoms with Crippen molar-refractivity contribution in [2.45, 2.75) is 13.8 Å². The normalized spacial score (nSPS) is 11.0. The van der Waals surface area contributed by atoms with Crippen LogP contribution in [0.25, 0.3) is 16.9 Å². The van der Waals surface area contributed by atoms with E-state index >= 15 is 0 Å². The van der Waals surface area contributed by atoms with Crippen molar-refractivity contribution in [2.75, 3.05) is 6.61 Å². The number of benzene rings is 1. The molecule has 0 amide bonds. The number of carbonyl (C=O) groups excluding carboxylic acids is 1. The Morgan fingerprint density at radius 1 is 1.39 bits per heavy atom. The van der Waals surface area contributed by atoms with E-state index in [2.05, 4.69) is 25.9 Å². The number of pyridine rings is 1. The molecular formula is C16H13BrFN3O2. The van der Waals surface area contributed by atoms with Crippen LogP contribution in [0.2, 0.25) is 0 Å². The van der Waals surface area contributed by atoms with Gasteiger partial charge in [0, 0.05) is 10.7 Å². The number of hydrogen-bond donors (Lipinski definition) is 0. The van der Waals surface area contributed by atoms with Crippen molar-refractivity contribution in [1.29, 1.82) is 0 Å². The lowest BCUT2D eigenvalue weighted by Gasteiger charge is -2.09. The Morgan fingerprint density at radius 2 is 2.17 bits per heavy atom. The SMILES string of the molecule is CCOC(=O)c1nc2cc(Br)cnc2n1-c1ccc(C)c(F)c1. The standard InChI is InChI=1S/C16H13BrFN3O2/c1-3-23-16(22)15-20-13-6-10(17)8-19-14(13)21(15)11-5-4-9(2)12(18)7-11/h4-8H,3H2,1-2H3. The Morgan fingerprint density at radius 3 is 2.87 bits per heavy atom. The molecule has 2 aromatic heterocycles. The van der Waals surface area contributed by atoms with Gasteiger partial charge in [-0.25, -0.2) is 19.2 Å². The fourth-order valence-corrected chi connectivity index (χ4v) is 2.56. The summed E-state index contributed by atoms with van der Waals surface area (Å²) < 4.78 is 21.2. The van der Waals surface area contributed by atoms with Gasteiger partial charge in [-0.05, 0) is 53.5 Å². The molecule has 0 bridgehead atoms.